The number of methoxy groups -OCH3 is 1. The van der Waals surface area contributed by atoms with Gasteiger partial charge in [-0.05, 0) is 43.2 Å². The number of ether oxygens (including phenoxy) is 1. The molecule has 1 N–H and O–H groups in total. The molecule has 1 aromatic carbocycles. The minimum Gasteiger partial charge on any atom is -0.465 e. The quantitative estimate of drug-likeness (QED) is 0.859. The van der Waals surface area contributed by atoms with Gasteiger partial charge in [-0.25, -0.2) is 4.79 Å². The molecule has 0 saturated carbocycles. The van der Waals surface area contributed by atoms with Crippen molar-refractivity contribution in [2.75, 3.05) is 13.7 Å². The summed E-state index contributed by atoms with van der Waals surface area (Å²) >= 11 is 0. The maximum absolute atomic E-state index is 12.1. The molecule has 0 aliphatic rings. The largest absolute Gasteiger partial charge is 0.465 e. The topological polar surface area (TPSA) is 68.3 Å². The van der Waals surface area contributed by atoms with E-state index in [0.29, 0.717) is 29.8 Å². The highest BCUT2D eigenvalue weighted by Crippen LogP contribution is 2.07. The van der Waals surface area contributed by atoms with Crippen LogP contribution in [0.5, 0.6) is 0 Å². The van der Waals surface area contributed by atoms with Crippen LogP contribution in [0.25, 0.3) is 0 Å². The third-order valence-electron chi connectivity index (χ3n) is 3.30. The molecule has 0 radical (unpaired) electrons. The van der Waals surface area contributed by atoms with Crippen molar-refractivity contribution in [1.82, 2.24) is 10.3 Å². The first kappa shape index (κ1) is 15.7. The molecular formula is C17H18N2O3. The van der Waals surface area contributed by atoms with Crippen molar-refractivity contribution in [3.63, 3.8) is 0 Å². The van der Waals surface area contributed by atoms with Crippen molar-refractivity contribution in [2.45, 2.75) is 13.3 Å². The lowest BCUT2D eigenvalue weighted by atomic mass is 10.1. The van der Waals surface area contributed by atoms with Gasteiger partial charge in [-0.15, -0.1) is 0 Å². The van der Waals surface area contributed by atoms with E-state index in [1.165, 1.54) is 7.11 Å². The Morgan fingerprint density at radius 2 is 2.05 bits per heavy atom. The summed E-state index contributed by atoms with van der Waals surface area (Å²) in [4.78, 5) is 27.6. The van der Waals surface area contributed by atoms with E-state index in [1.54, 1.807) is 43.5 Å². The minimum atomic E-state index is -0.364. The van der Waals surface area contributed by atoms with Crippen LogP contribution >= 0.6 is 0 Å². The van der Waals surface area contributed by atoms with E-state index >= 15 is 0 Å². The average Bonchev–Trinajstić information content (AvgIpc) is 2.54. The van der Waals surface area contributed by atoms with E-state index in [9.17, 15) is 9.59 Å². The molecule has 5 heteroatoms. The fourth-order valence-electron chi connectivity index (χ4n) is 2.11. The fourth-order valence-corrected chi connectivity index (χ4v) is 2.11. The number of aromatic nitrogens is 1. The third kappa shape index (κ3) is 3.91. The summed E-state index contributed by atoms with van der Waals surface area (Å²) < 4.78 is 4.69. The van der Waals surface area contributed by atoms with Gasteiger partial charge in [0.05, 0.1) is 18.2 Å². The van der Waals surface area contributed by atoms with E-state index in [-0.39, 0.29) is 11.9 Å². The molecule has 0 atom stereocenters. The Bertz CT molecular complexity index is 683. The zero-order valence-corrected chi connectivity index (χ0v) is 12.6. The number of nitrogens with one attached hydrogen (secondary N) is 1. The van der Waals surface area contributed by atoms with Crippen LogP contribution in [-0.4, -0.2) is 30.5 Å². The molecule has 0 bridgehead atoms. The normalized spacial score (nSPS) is 10.1. The van der Waals surface area contributed by atoms with Crippen LogP contribution in [0, 0.1) is 6.92 Å². The maximum Gasteiger partial charge on any atom is 0.337 e. The van der Waals surface area contributed by atoms with Crippen molar-refractivity contribution in [3.05, 3.63) is 65.0 Å². The number of benzene rings is 1. The van der Waals surface area contributed by atoms with Crippen LogP contribution in [0.3, 0.4) is 0 Å². The van der Waals surface area contributed by atoms with Gasteiger partial charge in [0.1, 0.15) is 0 Å². The lowest BCUT2D eigenvalue weighted by molar-refractivity contribution is 0.0600. The number of carbonyl (C=O) groups is 2. The molecule has 2 rings (SSSR count). The van der Waals surface area contributed by atoms with E-state index in [2.05, 4.69) is 15.0 Å². The molecule has 0 fully saturated rings. The number of hydrogen-bond donors (Lipinski definition) is 1. The predicted octanol–water partition coefficient (Wildman–Crippen LogP) is 2.15. The first-order valence-corrected chi connectivity index (χ1v) is 6.99. The molecule has 0 aliphatic heterocycles. The Hall–Kier alpha value is -2.69. The van der Waals surface area contributed by atoms with Crippen molar-refractivity contribution in [3.8, 4) is 0 Å². The summed E-state index contributed by atoms with van der Waals surface area (Å²) in [5.74, 6) is -0.508. The van der Waals surface area contributed by atoms with Crippen LogP contribution < -0.4 is 5.32 Å². The van der Waals surface area contributed by atoms with E-state index in [1.807, 2.05) is 6.07 Å². The summed E-state index contributed by atoms with van der Waals surface area (Å²) in [7, 11) is 1.35. The molecule has 114 valence electrons. The number of amides is 1. The first-order valence-electron chi connectivity index (χ1n) is 6.99. The van der Waals surface area contributed by atoms with E-state index < -0.39 is 0 Å². The number of nitrogens with zero attached hydrogens (tertiary/aromatic N) is 1. The minimum absolute atomic E-state index is 0.144. The van der Waals surface area contributed by atoms with Gasteiger partial charge in [0, 0.05) is 18.4 Å². The summed E-state index contributed by atoms with van der Waals surface area (Å²) in [6, 6.07) is 10.7. The molecule has 1 heterocycles. The van der Waals surface area contributed by atoms with Gasteiger partial charge in [-0.1, -0.05) is 12.1 Å². The van der Waals surface area contributed by atoms with Crippen molar-refractivity contribution in [1.29, 1.82) is 0 Å². The molecular weight excluding hydrogens is 280 g/mol. The van der Waals surface area contributed by atoms with E-state index in [4.69, 9.17) is 0 Å². The lowest BCUT2D eigenvalue weighted by Gasteiger charge is -2.08. The third-order valence-corrected chi connectivity index (χ3v) is 3.30. The summed E-state index contributed by atoms with van der Waals surface area (Å²) in [6.45, 7) is 2.28. The Balaban J connectivity index is 1.93. The van der Waals surface area contributed by atoms with Crippen LogP contribution in [-0.2, 0) is 11.2 Å². The molecule has 0 saturated heterocycles. The molecule has 5 nitrogen and oxygen atoms in total. The van der Waals surface area contributed by atoms with Crippen molar-refractivity contribution < 1.29 is 14.3 Å². The van der Waals surface area contributed by atoms with Crippen molar-refractivity contribution >= 4 is 11.9 Å². The second-order valence-electron chi connectivity index (χ2n) is 4.83. The summed E-state index contributed by atoms with van der Waals surface area (Å²) in [5, 5.41) is 2.86. The van der Waals surface area contributed by atoms with Gasteiger partial charge < -0.3 is 10.1 Å². The molecule has 0 unspecified atom stereocenters. The molecule has 0 spiro atoms. The number of aryl methyl sites for hydroxylation is 1. The van der Waals surface area contributed by atoms with Gasteiger partial charge in [-0.3, -0.25) is 9.78 Å². The predicted molar refractivity (Wildman–Crippen MR) is 82.8 cm³/mol. The lowest BCUT2D eigenvalue weighted by Crippen LogP contribution is -2.26. The standard InChI is InChI=1S/C17H18N2O3/c1-12-15(7-4-9-18-12)16(20)19-10-8-13-5-3-6-14(11-13)17(21)22-2/h3-7,9,11H,8,10H2,1-2H3,(H,19,20). The smallest absolute Gasteiger partial charge is 0.337 e. The maximum atomic E-state index is 12.1. The van der Waals surface area contributed by atoms with Crippen LogP contribution in [0.1, 0.15) is 32.0 Å². The van der Waals surface area contributed by atoms with Gasteiger partial charge in [-0.2, -0.15) is 0 Å². The molecule has 1 amide bonds. The Kier molecular flexibility index (Phi) is 5.25. The zero-order valence-electron chi connectivity index (χ0n) is 12.6. The van der Waals surface area contributed by atoms with Crippen LogP contribution in [0.15, 0.2) is 42.6 Å². The number of esters is 1. The van der Waals surface area contributed by atoms with Crippen molar-refractivity contribution in [2.24, 2.45) is 0 Å². The molecule has 0 aliphatic carbocycles. The average molecular weight is 298 g/mol. The molecule has 22 heavy (non-hydrogen) atoms. The Morgan fingerprint density at radius 1 is 1.23 bits per heavy atom. The highest BCUT2D eigenvalue weighted by Gasteiger charge is 2.09. The number of rotatable bonds is 5. The SMILES string of the molecule is COC(=O)c1cccc(CCNC(=O)c2cccnc2C)c1. The Morgan fingerprint density at radius 3 is 2.77 bits per heavy atom. The first-order chi connectivity index (χ1) is 10.6. The number of carbonyl (C=O) groups excluding carboxylic acids is 2. The number of hydrogen-bond acceptors (Lipinski definition) is 4. The summed E-state index contributed by atoms with van der Waals surface area (Å²) in [6.07, 6.45) is 2.29. The van der Waals surface area contributed by atoms with Crippen LogP contribution in [0.2, 0.25) is 0 Å². The van der Waals surface area contributed by atoms with Crippen LogP contribution in [0.4, 0.5) is 0 Å². The van der Waals surface area contributed by atoms with Gasteiger partial charge >= 0.3 is 5.97 Å². The molecule has 1 aromatic heterocycles. The highest BCUT2D eigenvalue weighted by atomic mass is 16.5. The second-order valence-corrected chi connectivity index (χ2v) is 4.83. The summed E-state index contributed by atoms with van der Waals surface area (Å²) in [5.41, 5.74) is 2.75. The van der Waals surface area contributed by atoms with E-state index in [0.717, 1.165) is 5.56 Å². The fraction of sp³-hybridized carbons (Fsp3) is 0.235. The zero-order chi connectivity index (χ0) is 15.9. The second kappa shape index (κ2) is 7.36. The molecule has 2 aromatic rings. The van der Waals surface area contributed by atoms with Gasteiger partial charge in [0.15, 0.2) is 0 Å². The highest BCUT2D eigenvalue weighted by molar-refractivity contribution is 5.95. The number of pyridine rings is 1. The Labute approximate surface area is 129 Å². The van der Waals surface area contributed by atoms with Gasteiger partial charge in [0.25, 0.3) is 5.91 Å². The monoisotopic (exact) mass is 298 g/mol. The van der Waals surface area contributed by atoms with Gasteiger partial charge in [0.2, 0.25) is 0 Å².